The molecule has 2 nitrogen and oxygen atoms in total. The van der Waals surface area contributed by atoms with Crippen LogP contribution >= 0.6 is 11.6 Å². The predicted octanol–water partition coefficient (Wildman–Crippen LogP) is -0.0651. The fraction of sp³-hybridized carbons (Fsp3) is 1.00. The minimum Gasteiger partial charge on any atom is -0.396 e. The summed E-state index contributed by atoms with van der Waals surface area (Å²) >= 11 is 5.29. The van der Waals surface area contributed by atoms with Crippen LogP contribution in [0.5, 0.6) is 0 Å². The van der Waals surface area contributed by atoms with Gasteiger partial charge in [0.1, 0.15) is 0 Å². The van der Waals surface area contributed by atoms with E-state index in [0.717, 1.165) is 0 Å². The SMILES string of the molecule is NC(CCl)CCO. The van der Waals surface area contributed by atoms with Crippen LogP contribution in [0.3, 0.4) is 0 Å². The molecule has 0 amide bonds. The average molecular weight is 124 g/mol. The molecule has 0 bridgehead atoms. The first kappa shape index (κ1) is 7.21. The highest BCUT2D eigenvalue weighted by Crippen LogP contribution is 1.87. The van der Waals surface area contributed by atoms with Crippen molar-refractivity contribution in [2.24, 2.45) is 5.73 Å². The van der Waals surface area contributed by atoms with Gasteiger partial charge >= 0.3 is 0 Å². The molecule has 0 saturated carbocycles. The van der Waals surface area contributed by atoms with Crippen molar-refractivity contribution in [3.05, 3.63) is 0 Å². The van der Waals surface area contributed by atoms with Crippen LogP contribution in [0.4, 0.5) is 0 Å². The molecule has 0 aliphatic rings. The second-order valence-electron chi connectivity index (χ2n) is 1.43. The molecule has 3 heteroatoms. The molecule has 0 aromatic carbocycles. The fourth-order valence-corrected chi connectivity index (χ4v) is 0.397. The van der Waals surface area contributed by atoms with Crippen molar-refractivity contribution in [1.29, 1.82) is 0 Å². The van der Waals surface area contributed by atoms with Crippen LogP contribution in [-0.4, -0.2) is 23.6 Å². The van der Waals surface area contributed by atoms with Gasteiger partial charge in [0.2, 0.25) is 0 Å². The van der Waals surface area contributed by atoms with Gasteiger partial charge < -0.3 is 10.8 Å². The average Bonchev–Trinajstić information content (AvgIpc) is 1.68. The maximum absolute atomic E-state index is 8.23. The molecule has 0 fully saturated rings. The third-order valence-electron chi connectivity index (χ3n) is 0.698. The molecule has 0 aromatic heterocycles. The van der Waals surface area contributed by atoms with Gasteiger partial charge in [0, 0.05) is 18.5 Å². The summed E-state index contributed by atoms with van der Waals surface area (Å²) in [5.41, 5.74) is 5.29. The summed E-state index contributed by atoms with van der Waals surface area (Å²) in [6.45, 7) is 0.133. The van der Waals surface area contributed by atoms with E-state index in [9.17, 15) is 0 Å². The van der Waals surface area contributed by atoms with Crippen LogP contribution in [0.15, 0.2) is 0 Å². The Labute approximate surface area is 48.3 Å². The van der Waals surface area contributed by atoms with Crippen molar-refractivity contribution >= 4 is 11.6 Å². The highest BCUT2D eigenvalue weighted by atomic mass is 35.5. The van der Waals surface area contributed by atoms with E-state index >= 15 is 0 Å². The van der Waals surface area contributed by atoms with Gasteiger partial charge in [0.25, 0.3) is 0 Å². The number of hydrogen-bond acceptors (Lipinski definition) is 2. The Morgan fingerprint density at radius 3 is 2.43 bits per heavy atom. The molecule has 1 atom stereocenters. The van der Waals surface area contributed by atoms with E-state index in [1.165, 1.54) is 0 Å². The Hall–Kier alpha value is 0.210. The van der Waals surface area contributed by atoms with Crippen LogP contribution in [0.25, 0.3) is 0 Å². The standard InChI is InChI=1S/C4H10ClNO/c5-3-4(6)1-2-7/h4,7H,1-3,6H2. The van der Waals surface area contributed by atoms with Crippen LogP contribution in [0, 0.1) is 0 Å². The molecule has 0 aliphatic carbocycles. The largest absolute Gasteiger partial charge is 0.396 e. The zero-order valence-corrected chi connectivity index (χ0v) is 4.86. The van der Waals surface area contributed by atoms with Crippen molar-refractivity contribution in [1.82, 2.24) is 0 Å². The van der Waals surface area contributed by atoms with E-state index in [1.54, 1.807) is 0 Å². The second-order valence-corrected chi connectivity index (χ2v) is 1.74. The van der Waals surface area contributed by atoms with Gasteiger partial charge in [0.05, 0.1) is 0 Å². The number of alkyl halides is 1. The lowest BCUT2D eigenvalue weighted by atomic mass is 10.3. The summed E-state index contributed by atoms with van der Waals surface area (Å²) < 4.78 is 0. The lowest BCUT2D eigenvalue weighted by molar-refractivity contribution is 0.279. The Balaban J connectivity index is 2.83. The van der Waals surface area contributed by atoms with Gasteiger partial charge in [0.15, 0.2) is 0 Å². The fourth-order valence-electron chi connectivity index (χ4n) is 0.243. The Morgan fingerprint density at radius 1 is 1.71 bits per heavy atom. The molecule has 44 valence electrons. The van der Waals surface area contributed by atoms with Crippen LogP contribution in [0.2, 0.25) is 0 Å². The van der Waals surface area contributed by atoms with Gasteiger partial charge in [-0.3, -0.25) is 0 Å². The lowest BCUT2D eigenvalue weighted by Gasteiger charge is -2.01. The Morgan fingerprint density at radius 2 is 2.29 bits per heavy atom. The molecule has 7 heavy (non-hydrogen) atoms. The van der Waals surface area contributed by atoms with Crippen molar-refractivity contribution < 1.29 is 5.11 Å². The highest BCUT2D eigenvalue weighted by Gasteiger charge is 1.95. The molecular weight excluding hydrogens is 114 g/mol. The second kappa shape index (κ2) is 4.37. The predicted molar refractivity (Wildman–Crippen MR) is 30.4 cm³/mol. The lowest BCUT2D eigenvalue weighted by Crippen LogP contribution is -2.22. The summed E-state index contributed by atoms with van der Waals surface area (Å²) in [4.78, 5) is 0. The van der Waals surface area contributed by atoms with E-state index in [1.807, 2.05) is 0 Å². The summed E-state index contributed by atoms with van der Waals surface area (Å²) in [6, 6.07) is -0.0355. The van der Waals surface area contributed by atoms with Crippen molar-refractivity contribution in [2.75, 3.05) is 12.5 Å². The van der Waals surface area contributed by atoms with E-state index in [2.05, 4.69) is 0 Å². The number of nitrogens with two attached hydrogens (primary N) is 1. The molecule has 0 radical (unpaired) electrons. The van der Waals surface area contributed by atoms with Crippen LogP contribution < -0.4 is 5.73 Å². The van der Waals surface area contributed by atoms with Gasteiger partial charge in [-0.05, 0) is 6.42 Å². The van der Waals surface area contributed by atoms with Gasteiger partial charge in [-0.1, -0.05) is 0 Å². The number of hydrogen-bond donors (Lipinski definition) is 2. The molecule has 0 spiro atoms. The number of halogens is 1. The quantitative estimate of drug-likeness (QED) is 0.517. The van der Waals surface area contributed by atoms with Crippen molar-refractivity contribution in [3.63, 3.8) is 0 Å². The van der Waals surface area contributed by atoms with Gasteiger partial charge in [-0.25, -0.2) is 0 Å². The third-order valence-corrected chi connectivity index (χ3v) is 1.09. The maximum atomic E-state index is 8.23. The first-order chi connectivity index (χ1) is 3.31. The molecule has 3 N–H and O–H groups in total. The molecule has 0 saturated heterocycles. The Kier molecular flexibility index (Phi) is 4.50. The number of aliphatic hydroxyl groups excluding tert-OH is 1. The van der Waals surface area contributed by atoms with E-state index in [4.69, 9.17) is 22.4 Å². The van der Waals surface area contributed by atoms with E-state index in [-0.39, 0.29) is 12.6 Å². The summed E-state index contributed by atoms with van der Waals surface area (Å²) in [6.07, 6.45) is 0.601. The summed E-state index contributed by atoms with van der Waals surface area (Å²) in [7, 11) is 0. The minimum atomic E-state index is -0.0355. The highest BCUT2D eigenvalue weighted by molar-refractivity contribution is 6.18. The maximum Gasteiger partial charge on any atom is 0.0446 e. The summed E-state index contributed by atoms with van der Waals surface area (Å²) in [5, 5.41) is 8.23. The Bertz CT molecular complexity index is 42.7. The molecule has 0 aromatic rings. The zero-order chi connectivity index (χ0) is 5.70. The molecule has 1 unspecified atom stereocenters. The monoisotopic (exact) mass is 123 g/mol. The minimum absolute atomic E-state index is 0.0355. The number of rotatable bonds is 3. The number of aliphatic hydroxyl groups is 1. The van der Waals surface area contributed by atoms with Crippen LogP contribution in [-0.2, 0) is 0 Å². The van der Waals surface area contributed by atoms with E-state index < -0.39 is 0 Å². The van der Waals surface area contributed by atoms with Crippen molar-refractivity contribution in [3.8, 4) is 0 Å². The first-order valence-corrected chi connectivity index (χ1v) is 2.77. The normalized spacial score (nSPS) is 14.1. The van der Waals surface area contributed by atoms with Gasteiger partial charge in [-0.2, -0.15) is 0 Å². The molecule has 0 aliphatic heterocycles. The van der Waals surface area contributed by atoms with E-state index in [0.29, 0.717) is 12.3 Å². The molecule has 0 rings (SSSR count). The zero-order valence-electron chi connectivity index (χ0n) is 4.10. The topological polar surface area (TPSA) is 46.2 Å². The first-order valence-electron chi connectivity index (χ1n) is 2.23. The van der Waals surface area contributed by atoms with Gasteiger partial charge in [-0.15, -0.1) is 11.6 Å². The third kappa shape index (κ3) is 4.05. The molecule has 0 heterocycles. The molecular formula is C4H10ClNO. The van der Waals surface area contributed by atoms with Crippen LogP contribution in [0.1, 0.15) is 6.42 Å². The smallest absolute Gasteiger partial charge is 0.0446 e. The van der Waals surface area contributed by atoms with Crippen molar-refractivity contribution in [2.45, 2.75) is 12.5 Å². The summed E-state index contributed by atoms with van der Waals surface area (Å²) in [5.74, 6) is 0.431.